The normalized spacial score (nSPS) is 18.1. The molecule has 0 unspecified atom stereocenters. The van der Waals surface area contributed by atoms with Crippen LogP contribution in [0.1, 0.15) is 28.4 Å². The molecule has 0 saturated heterocycles. The first-order chi connectivity index (χ1) is 14.4. The van der Waals surface area contributed by atoms with Gasteiger partial charge >= 0.3 is 0 Å². The average molecular weight is 382 g/mol. The fourth-order valence-corrected chi connectivity index (χ4v) is 4.74. The van der Waals surface area contributed by atoms with E-state index >= 15 is 0 Å². The number of nitrogens with one attached hydrogen (secondary N) is 1. The van der Waals surface area contributed by atoms with Crippen LogP contribution in [-0.2, 0) is 13.0 Å². The molecule has 0 radical (unpaired) electrons. The molecule has 6 rings (SSSR count). The van der Waals surface area contributed by atoms with Crippen LogP contribution in [0.5, 0.6) is 11.5 Å². The summed E-state index contributed by atoms with van der Waals surface area (Å²) >= 11 is 0. The number of aromatic nitrogens is 1. The lowest BCUT2D eigenvalue weighted by Crippen LogP contribution is -2.35. The maximum atomic E-state index is 5.68. The molecular formula is C25H22N2O2. The van der Waals surface area contributed by atoms with Gasteiger partial charge < -0.3 is 14.5 Å². The number of fused-ring (bicyclic) bond motifs is 4. The van der Waals surface area contributed by atoms with E-state index in [1.165, 1.54) is 33.3 Å². The second kappa shape index (κ2) is 6.68. The predicted molar refractivity (Wildman–Crippen MR) is 113 cm³/mol. The van der Waals surface area contributed by atoms with E-state index in [9.17, 15) is 0 Å². The van der Waals surface area contributed by atoms with Gasteiger partial charge in [-0.2, -0.15) is 0 Å². The van der Waals surface area contributed by atoms with Gasteiger partial charge in [0.2, 0.25) is 6.79 Å². The third-order valence-electron chi connectivity index (χ3n) is 6.08. The maximum Gasteiger partial charge on any atom is 0.231 e. The van der Waals surface area contributed by atoms with Crippen molar-refractivity contribution in [3.63, 3.8) is 0 Å². The monoisotopic (exact) mass is 382 g/mol. The molecule has 1 atom stereocenters. The topological polar surface area (TPSA) is 37.5 Å². The fraction of sp³-hybridized carbons (Fsp3) is 0.200. The lowest BCUT2D eigenvalue weighted by Gasteiger charge is -2.36. The molecule has 2 aliphatic rings. The number of benzene rings is 3. The van der Waals surface area contributed by atoms with Crippen molar-refractivity contribution in [2.24, 2.45) is 0 Å². The fourth-order valence-electron chi connectivity index (χ4n) is 4.74. The summed E-state index contributed by atoms with van der Waals surface area (Å²) in [4.78, 5) is 6.29. The first-order valence-corrected chi connectivity index (χ1v) is 10.1. The Bertz CT molecular complexity index is 1180. The van der Waals surface area contributed by atoms with Crippen LogP contribution >= 0.6 is 0 Å². The zero-order chi connectivity index (χ0) is 19.2. The van der Waals surface area contributed by atoms with Crippen LogP contribution in [0.25, 0.3) is 10.9 Å². The molecule has 0 aliphatic carbocycles. The van der Waals surface area contributed by atoms with Gasteiger partial charge in [-0.15, -0.1) is 0 Å². The van der Waals surface area contributed by atoms with Crippen LogP contribution in [0.4, 0.5) is 0 Å². The molecule has 29 heavy (non-hydrogen) atoms. The van der Waals surface area contributed by atoms with E-state index in [-0.39, 0.29) is 6.04 Å². The third kappa shape index (κ3) is 2.79. The number of nitrogens with zero attached hydrogens (tertiary/aromatic N) is 1. The van der Waals surface area contributed by atoms with E-state index in [4.69, 9.17) is 9.47 Å². The standard InChI is InChI=1S/C25H22N2O2/c1-2-6-17(7-3-1)15-27-13-12-20-19-8-4-5-9-21(19)26-24(20)25(27)18-10-11-22-23(14-18)29-16-28-22/h1-11,14,25-26H,12-13,15-16H2/t25-/m1/s1. The summed E-state index contributed by atoms with van der Waals surface area (Å²) in [5, 5.41) is 1.34. The Morgan fingerprint density at radius 3 is 2.66 bits per heavy atom. The molecular weight excluding hydrogens is 360 g/mol. The molecule has 4 aromatic rings. The van der Waals surface area contributed by atoms with Gasteiger partial charge in [0.15, 0.2) is 11.5 Å². The highest BCUT2D eigenvalue weighted by molar-refractivity contribution is 5.85. The molecule has 4 nitrogen and oxygen atoms in total. The van der Waals surface area contributed by atoms with Gasteiger partial charge in [0.25, 0.3) is 0 Å². The Morgan fingerprint density at radius 2 is 1.72 bits per heavy atom. The Morgan fingerprint density at radius 1 is 0.897 bits per heavy atom. The van der Waals surface area contributed by atoms with E-state index in [2.05, 4.69) is 76.6 Å². The first-order valence-electron chi connectivity index (χ1n) is 10.1. The van der Waals surface area contributed by atoms with Crippen LogP contribution in [0.2, 0.25) is 0 Å². The number of H-pyrrole nitrogens is 1. The Kier molecular flexibility index (Phi) is 3.84. The van der Waals surface area contributed by atoms with Crippen LogP contribution < -0.4 is 9.47 Å². The second-order valence-electron chi connectivity index (χ2n) is 7.78. The summed E-state index contributed by atoms with van der Waals surface area (Å²) in [6.07, 6.45) is 1.05. The Balaban J connectivity index is 1.48. The minimum Gasteiger partial charge on any atom is -0.454 e. The molecule has 4 heteroatoms. The van der Waals surface area contributed by atoms with E-state index in [0.717, 1.165) is 31.0 Å². The zero-order valence-electron chi connectivity index (χ0n) is 16.1. The molecule has 0 bridgehead atoms. The lowest BCUT2D eigenvalue weighted by molar-refractivity contribution is 0.173. The number of ether oxygens (including phenoxy) is 2. The number of hydrogen-bond acceptors (Lipinski definition) is 3. The summed E-state index contributed by atoms with van der Waals surface area (Å²) in [7, 11) is 0. The maximum absolute atomic E-state index is 5.68. The number of hydrogen-bond donors (Lipinski definition) is 1. The van der Waals surface area contributed by atoms with Crippen molar-refractivity contribution in [2.45, 2.75) is 19.0 Å². The van der Waals surface area contributed by atoms with Gasteiger partial charge in [0.1, 0.15) is 0 Å². The SMILES string of the molecule is c1ccc(CN2CCc3c([nH]c4ccccc34)[C@H]2c2ccc3c(c2)OCO3)cc1. The minimum atomic E-state index is 0.154. The molecule has 0 fully saturated rings. The van der Waals surface area contributed by atoms with Crippen molar-refractivity contribution in [1.29, 1.82) is 0 Å². The van der Waals surface area contributed by atoms with Crippen LogP contribution in [0.3, 0.4) is 0 Å². The summed E-state index contributed by atoms with van der Waals surface area (Å²) in [5.41, 5.74) is 6.51. The van der Waals surface area contributed by atoms with Crippen LogP contribution in [-0.4, -0.2) is 23.2 Å². The minimum absolute atomic E-state index is 0.154. The molecule has 0 saturated carbocycles. The van der Waals surface area contributed by atoms with E-state index in [0.29, 0.717) is 6.79 Å². The molecule has 2 aliphatic heterocycles. The second-order valence-corrected chi connectivity index (χ2v) is 7.78. The largest absolute Gasteiger partial charge is 0.454 e. The summed E-state index contributed by atoms with van der Waals surface area (Å²) in [5.74, 6) is 1.67. The zero-order valence-corrected chi connectivity index (χ0v) is 16.1. The van der Waals surface area contributed by atoms with Gasteiger partial charge in [0, 0.05) is 29.7 Å². The molecule has 3 aromatic carbocycles. The van der Waals surface area contributed by atoms with Crippen molar-refractivity contribution < 1.29 is 9.47 Å². The highest BCUT2D eigenvalue weighted by Gasteiger charge is 2.32. The average Bonchev–Trinajstić information content (AvgIpc) is 3.38. The number of rotatable bonds is 3. The summed E-state index contributed by atoms with van der Waals surface area (Å²) in [6, 6.07) is 25.9. The third-order valence-corrected chi connectivity index (χ3v) is 6.08. The van der Waals surface area contributed by atoms with Crippen molar-refractivity contribution in [1.82, 2.24) is 9.88 Å². The first kappa shape index (κ1) is 16.7. The smallest absolute Gasteiger partial charge is 0.231 e. The van der Waals surface area contributed by atoms with Gasteiger partial charge in [-0.25, -0.2) is 0 Å². The Labute approximate surface area is 169 Å². The van der Waals surface area contributed by atoms with Crippen molar-refractivity contribution in [2.75, 3.05) is 13.3 Å². The predicted octanol–water partition coefficient (Wildman–Crippen LogP) is 5.04. The lowest BCUT2D eigenvalue weighted by atomic mass is 9.91. The van der Waals surface area contributed by atoms with Crippen LogP contribution in [0.15, 0.2) is 72.8 Å². The van der Waals surface area contributed by atoms with Gasteiger partial charge in [-0.3, -0.25) is 4.90 Å². The van der Waals surface area contributed by atoms with Crippen molar-refractivity contribution in [3.05, 3.63) is 95.2 Å². The van der Waals surface area contributed by atoms with Gasteiger partial charge in [-0.1, -0.05) is 54.6 Å². The van der Waals surface area contributed by atoms with Gasteiger partial charge in [-0.05, 0) is 41.3 Å². The summed E-state index contributed by atoms with van der Waals surface area (Å²) < 4.78 is 11.2. The number of aromatic amines is 1. The molecule has 1 aromatic heterocycles. The van der Waals surface area contributed by atoms with Crippen molar-refractivity contribution in [3.8, 4) is 11.5 Å². The highest BCUT2D eigenvalue weighted by Crippen LogP contribution is 2.42. The highest BCUT2D eigenvalue weighted by atomic mass is 16.7. The van der Waals surface area contributed by atoms with Gasteiger partial charge in [0.05, 0.1) is 6.04 Å². The molecule has 0 amide bonds. The van der Waals surface area contributed by atoms with E-state index in [1.807, 2.05) is 6.07 Å². The molecule has 3 heterocycles. The van der Waals surface area contributed by atoms with Crippen molar-refractivity contribution >= 4 is 10.9 Å². The summed E-state index contributed by atoms with van der Waals surface area (Å²) in [6.45, 7) is 2.23. The van der Waals surface area contributed by atoms with Crippen LogP contribution in [0, 0.1) is 0 Å². The number of para-hydroxylation sites is 1. The molecule has 0 spiro atoms. The quantitative estimate of drug-likeness (QED) is 0.539. The molecule has 1 N–H and O–H groups in total. The van der Waals surface area contributed by atoms with E-state index in [1.54, 1.807) is 0 Å². The molecule has 144 valence electrons. The van der Waals surface area contributed by atoms with E-state index < -0.39 is 0 Å². The Hall–Kier alpha value is -3.24.